The largest absolute Gasteiger partial charge is 0.478 e. The van der Waals surface area contributed by atoms with Crippen LogP contribution in [0, 0.1) is 5.92 Å². The molecule has 0 aliphatic carbocycles. The van der Waals surface area contributed by atoms with Crippen LogP contribution < -0.4 is 0 Å². The summed E-state index contributed by atoms with van der Waals surface area (Å²) < 4.78 is 51.9. The molecule has 0 fully saturated rings. The van der Waals surface area contributed by atoms with Crippen molar-refractivity contribution in [2.24, 2.45) is 5.92 Å². The number of hydrogen-bond acceptors (Lipinski definition) is 3. The van der Waals surface area contributed by atoms with Crippen LogP contribution in [-0.4, -0.2) is 27.1 Å². The molecule has 0 spiro atoms. The molecule has 0 aromatic carbocycles. The maximum atomic E-state index is 13.0. The van der Waals surface area contributed by atoms with Gasteiger partial charge < -0.3 is 10.2 Å². The van der Waals surface area contributed by atoms with Gasteiger partial charge in [-0.05, 0) is 17.9 Å². The third-order valence-corrected chi connectivity index (χ3v) is 2.81. The number of hydrogen-bond donors (Lipinski definition) is 2. The summed E-state index contributed by atoms with van der Waals surface area (Å²) in [5, 5.41) is 18.2. The van der Waals surface area contributed by atoms with Crippen LogP contribution in [0.5, 0.6) is 0 Å². The van der Waals surface area contributed by atoms with Crippen molar-refractivity contribution in [2.45, 2.75) is 33.1 Å². The number of alkyl halides is 4. The second-order valence-corrected chi connectivity index (χ2v) is 4.98. The molecule has 0 atom stereocenters. The Morgan fingerprint density at radius 2 is 1.64 bits per heavy atom. The van der Waals surface area contributed by atoms with Crippen LogP contribution in [0.15, 0.2) is 0 Å². The van der Waals surface area contributed by atoms with E-state index in [1.54, 1.807) is 13.8 Å². The van der Waals surface area contributed by atoms with Crippen molar-refractivity contribution in [3.05, 3.63) is 28.1 Å². The number of halogens is 4. The molecule has 0 saturated carbocycles. The van der Waals surface area contributed by atoms with E-state index in [2.05, 4.69) is 4.98 Å². The summed E-state index contributed by atoms with van der Waals surface area (Å²) in [6.45, 7) is 1.59. The number of carboxylic acid groups (broad SMARTS) is 2. The first-order valence-corrected chi connectivity index (χ1v) is 6.16. The van der Waals surface area contributed by atoms with Crippen molar-refractivity contribution in [2.75, 3.05) is 0 Å². The normalized spacial score (nSPS) is 11.8. The van der Waals surface area contributed by atoms with Gasteiger partial charge in [0.2, 0.25) is 0 Å². The minimum Gasteiger partial charge on any atom is -0.478 e. The predicted molar refractivity (Wildman–Crippen MR) is 66.5 cm³/mol. The first kappa shape index (κ1) is 17.9. The molecule has 0 saturated heterocycles. The van der Waals surface area contributed by atoms with Crippen molar-refractivity contribution in [3.8, 4) is 0 Å². The highest BCUT2D eigenvalue weighted by molar-refractivity contribution is 5.98. The Morgan fingerprint density at radius 1 is 1.14 bits per heavy atom. The molecule has 5 nitrogen and oxygen atoms in total. The fourth-order valence-electron chi connectivity index (χ4n) is 2.09. The van der Waals surface area contributed by atoms with E-state index in [4.69, 9.17) is 10.2 Å². The van der Waals surface area contributed by atoms with Crippen molar-refractivity contribution in [1.29, 1.82) is 0 Å². The summed E-state index contributed by atoms with van der Waals surface area (Å²) in [5.41, 5.74) is -5.34. The van der Waals surface area contributed by atoms with Gasteiger partial charge in [0.25, 0.3) is 0 Å². The predicted octanol–water partition coefficient (Wildman–Crippen LogP) is 3.16. The Hall–Kier alpha value is -2.19. The molecule has 1 aromatic rings. The molecule has 1 rings (SSSR count). The molecule has 0 radical (unpaired) electrons. The Bertz CT molecular complexity index is 611. The second-order valence-electron chi connectivity index (χ2n) is 4.98. The Labute approximate surface area is 122 Å². The number of rotatable bonds is 5. The van der Waals surface area contributed by atoms with E-state index >= 15 is 0 Å². The van der Waals surface area contributed by atoms with E-state index in [1.807, 2.05) is 0 Å². The lowest BCUT2D eigenvalue weighted by atomic mass is 9.91. The summed E-state index contributed by atoms with van der Waals surface area (Å²) in [6, 6.07) is 0. The van der Waals surface area contributed by atoms with Gasteiger partial charge in [0.15, 0.2) is 5.69 Å². The number of aromatic carboxylic acids is 2. The minimum absolute atomic E-state index is 0.262. The van der Waals surface area contributed by atoms with Crippen LogP contribution >= 0.6 is 0 Å². The van der Waals surface area contributed by atoms with E-state index in [1.165, 1.54) is 0 Å². The third kappa shape index (κ3) is 3.52. The number of pyridine rings is 1. The van der Waals surface area contributed by atoms with Gasteiger partial charge in [0.05, 0.1) is 16.8 Å². The van der Waals surface area contributed by atoms with Crippen molar-refractivity contribution < 1.29 is 37.4 Å². The molecule has 0 aliphatic heterocycles. The lowest BCUT2D eigenvalue weighted by Crippen LogP contribution is -2.23. The topological polar surface area (TPSA) is 87.5 Å². The fraction of sp³-hybridized carbons (Fsp3) is 0.462. The van der Waals surface area contributed by atoms with Gasteiger partial charge in [-0.2, -0.15) is 13.2 Å². The summed E-state index contributed by atoms with van der Waals surface area (Å²) in [4.78, 5) is 25.4. The Balaban J connectivity index is 3.92. The highest BCUT2D eigenvalue weighted by Gasteiger charge is 2.41. The van der Waals surface area contributed by atoms with E-state index in [-0.39, 0.29) is 12.3 Å². The standard InChI is InChI=1S/C13H13F4NO4/c1-5(2)3-6-8(11(19)20)7(4-14)18-10(13(15,16)17)9(6)12(21)22/h5H,3-4H2,1-2H3,(H,19,20)(H,21,22). The van der Waals surface area contributed by atoms with E-state index in [9.17, 15) is 27.2 Å². The average molecular weight is 323 g/mol. The van der Waals surface area contributed by atoms with Gasteiger partial charge in [-0.15, -0.1) is 0 Å². The molecule has 1 aromatic heterocycles. The van der Waals surface area contributed by atoms with E-state index in [0.29, 0.717) is 0 Å². The Morgan fingerprint density at radius 3 is 1.95 bits per heavy atom. The number of carbonyl (C=O) groups is 2. The molecule has 2 N–H and O–H groups in total. The molecule has 0 unspecified atom stereocenters. The molecule has 22 heavy (non-hydrogen) atoms. The SMILES string of the molecule is CC(C)Cc1c(C(=O)O)c(CF)nc(C(F)(F)F)c1C(=O)O. The highest BCUT2D eigenvalue weighted by atomic mass is 19.4. The zero-order valence-electron chi connectivity index (χ0n) is 11.7. The maximum Gasteiger partial charge on any atom is 0.434 e. The monoisotopic (exact) mass is 323 g/mol. The molecule has 9 heteroatoms. The van der Waals surface area contributed by atoms with Crippen LogP contribution in [0.3, 0.4) is 0 Å². The number of nitrogens with zero attached hydrogens (tertiary/aromatic N) is 1. The van der Waals surface area contributed by atoms with Gasteiger partial charge in [-0.3, -0.25) is 0 Å². The van der Waals surface area contributed by atoms with E-state index < -0.39 is 52.9 Å². The van der Waals surface area contributed by atoms with Crippen molar-refractivity contribution in [1.82, 2.24) is 4.98 Å². The van der Waals surface area contributed by atoms with Gasteiger partial charge in [0.1, 0.15) is 6.67 Å². The van der Waals surface area contributed by atoms with Crippen LogP contribution in [0.2, 0.25) is 0 Å². The van der Waals surface area contributed by atoms with Gasteiger partial charge in [-0.1, -0.05) is 13.8 Å². The molecule has 0 bridgehead atoms. The fourth-order valence-corrected chi connectivity index (χ4v) is 2.09. The zero-order chi connectivity index (χ0) is 17.2. The summed E-state index contributed by atoms with van der Waals surface area (Å²) in [7, 11) is 0. The van der Waals surface area contributed by atoms with Crippen molar-refractivity contribution >= 4 is 11.9 Å². The number of aromatic nitrogens is 1. The lowest BCUT2D eigenvalue weighted by molar-refractivity contribution is -0.141. The second kappa shape index (κ2) is 6.29. The molecule has 1 heterocycles. The molecule has 0 aliphatic rings. The summed E-state index contributed by atoms with van der Waals surface area (Å²) >= 11 is 0. The zero-order valence-corrected chi connectivity index (χ0v) is 11.7. The Kier molecular flexibility index (Phi) is 5.10. The molecule has 0 amide bonds. The van der Waals surface area contributed by atoms with Crippen LogP contribution in [0.25, 0.3) is 0 Å². The molecular formula is C13H13F4NO4. The smallest absolute Gasteiger partial charge is 0.434 e. The number of carboxylic acids is 2. The van der Waals surface area contributed by atoms with Crippen LogP contribution in [0.4, 0.5) is 17.6 Å². The average Bonchev–Trinajstić information content (AvgIpc) is 2.34. The van der Waals surface area contributed by atoms with Crippen molar-refractivity contribution in [3.63, 3.8) is 0 Å². The molecule has 122 valence electrons. The summed E-state index contributed by atoms with van der Waals surface area (Å²) in [6.07, 6.45) is -5.40. The van der Waals surface area contributed by atoms with Gasteiger partial charge >= 0.3 is 18.1 Å². The third-order valence-electron chi connectivity index (χ3n) is 2.81. The van der Waals surface area contributed by atoms with Crippen LogP contribution in [-0.2, 0) is 19.3 Å². The first-order chi connectivity index (χ1) is 10.0. The molecular weight excluding hydrogens is 310 g/mol. The van der Waals surface area contributed by atoms with E-state index in [0.717, 1.165) is 0 Å². The highest BCUT2D eigenvalue weighted by Crippen LogP contribution is 2.35. The first-order valence-electron chi connectivity index (χ1n) is 6.16. The minimum atomic E-state index is -5.14. The van der Waals surface area contributed by atoms with Crippen LogP contribution in [0.1, 0.15) is 51.5 Å². The maximum absolute atomic E-state index is 13.0. The van der Waals surface area contributed by atoms with Gasteiger partial charge in [-0.25, -0.2) is 19.0 Å². The van der Waals surface area contributed by atoms with Gasteiger partial charge in [0, 0.05) is 0 Å². The lowest BCUT2D eigenvalue weighted by Gasteiger charge is -2.19. The summed E-state index contributed by atoms with van der Waals surface area (Å²) in [5.74, 6) is -4.01. The quantitative estimate of drug-likeness (QED) is 0.813.